The molecule has 0 unspecified atom stereocenters. The highest BCUT2D eigenvalue weighted by Gasteiger charge is 2.41. The standard InChI is InChI=1S/C15H21N/c16-14-13-7-3-2-6-12(13)8-11-15(14)9-4-1-5-10-15/h2-3,6-7,14H,1,4-5,8-11,16H2/t14-/m0/s1. The zero-order valence-corrected chi connectivity index (χ0v) is 9.91. The van der Waals surface area contributed by atoms with Crippen molar-refractivity contribution in [2.45, 2.75) is 51.0 Å². The minimum Gasteiger partial charge on any atom is -0.323 e. The van der Waals surface area contributed by atoms with Gasteiger partial charge in [0, 0.05) is 6.04 Å². The van der Waals surface area contributed by atoms with E-state index in [-0.39, 0.29) is 6.04 Å². The number of fused-ring (bicyclic) bond motifs is 1. The molecule has 0 saturated heterocycles. The van der Waals surface area contributed by atoms with Crippen LogP contribution in [0, 0.1) is 5.41 Å². The summed E-state index contributed by atoms with van der Waals surface area (Å²) in [5.74, 6) is 0. The number of rotatable bonds is 0. The molecule has 1 aromatic rings. The van der Waals surface area contributed by atoms with E-state index >= 15 is 0 Å². The van der Waals surface area contributed by atoms with E-state index in [1.54, 1.807) is 0 Å². The fraction of sp³-hybridized carbons (Fsp3) is 0.600. The van der Waals surface area contributed by atoms with Crippen LogP contribution in [0.1, 0.15) is 55.7 Å². The normalized spacial score (nSPS) is 27.7. The van der Waals surface area contributed by atoms with Crippen molar-refractivity contribution in [2.24, 2.45) is 11.1 Å². The van der Waals surface area contributed by atoms with Gasteiger partial charge in [-0.2, -0.15) is 0 Å². The minimum absolute atomic E-state index is 0.290. The van der Waals surface area contributed by atoms with Crippen LogP contribution in [0.15, 0.2) is 24.3 Å². The van der Waals surface area contributed by atoms with E-state index in [0.29, 0.717) is 5.41 Å². The van der Waals surface area contributed by atoms with Crippen LogP contribution in [0.3, 0.4) is 0 Å². The van der Waals surface area contributed by atoms with Crippen molar-refractivity contribution in [1.29, 1.82) is 0 Å². The van der Waals surface area contributed by atoms with Gasteiger partial charge in [-0.15, -0.1) is 0 Å². The van der Waals surface area contributed by atoms with E-state index in [0.717, 1.165) is 0 Å². The summed E-state index contributed by atoms with van der Waals surface area (Å²) in [4.78, 5) is 0. The van der Waals surface area contributed by atoms with Crippen molar-refractivity contribution in [3.05, 3.63) is 35.4 Å². The first-order valence-corrected chi connectivity index (χ1v) is 6.65. The monoisotopic (exact) mass is 215 g/mol. The maximum atomic E-state index is 6.56. The second kappa shape index (κ2) is 3.89. The van der Waals surface area contributed by atoms with Gasteiger partial charge < -0.3 is 5.73 Å². The molecule has 0 bridgehead atoms. The largest absolute Gasteiger partial charge is 0.323 e. The SMILES string of the molecule is N[C@H]1c2ccccc2CCC12CCCCC2. The number of aryl methyl sites for hydroxylation is 1. The van der Waals surface area contributed by atoms with Crippen LogP contribution >= 0.6 is 0 Å². The van der Waals surface area contributed by atoms with Crippen LogP contribution in [0.25, 0.3) is 0 Å². The van der Waals surface area contributed by atoms with Crippen LogP contribution in [-0.4, -0.2) is 0 Å². The molecule has 0 aliphatic heterocycles. The lowest BCUT2D eigenvalue weighted by molar-refractivity contribution is 0.121. The molecular formula is C15H21N. The number of hydrogen-bond donors (Lipinski definition) is 1. The molecule has 0 heterocycles. The van der Waals surface area contributed by atoms with Crippen molar-refractivity contribution in [3.63, 3.8) is 0 Å². The summed E-state index contributed by atoms with van der Waals surface area (Å²) in [7, 11) is 0. The molecule has 1 fully saturated rings. The topological polar surface area (TPSA) is 26.0 Å². The molecule has 86 valence electrons. The Balaban J connectivity index is 1.96. The molecule has 1 nitrogen and oxygen atoms in total. The van der Waals surface area contributed by atoms with Crippen molar-refractivity contribution < 1.29 is 0 Å². The molecule has 3 rings (SSSR count). The lowest BCUT2D eigenvalue weighted by Gasteiger charge is -2.46. The maximum absolute atomic E-state index is 6.56. The van der Waals surface area contributed by atoms with E-state index in [9.17, 15) is 0 Å². The lowest BCUT2D eigenvalue weighted by Crippen LogP contribution is -2.40. The fourth-order valence-corrected chi connectivity index (χ4v) is 3.75. The van der Waals surface area contributed by atoms with Crippen molar-refractivity contribution in [2.75, 3.05) is 0 Å². The summed E-state index contributed by atoms with van der Waals surface area (Å²) in [6.45, 7) is 0. The molecule has 0 aromatic heterocycles. The van der Waals surface area contributed by atoms with Gasteiger partial charge in [-0.3, -0.25) is 0 Å². The van der Waals surface area contributed by atoms with Crippen molar-refractivity contribution >= 4 is 0 Å². The molecule has 2 aliphatic carbocycles. The Bertz CT molecular complexity index is 377. The summed E-state index contributed by atoms with van der Waals surface area (Å²) in [6.07, 6.45) is 9.43. The van der Waals surface area contributed by atoms with Crippen LogP contribution < -0.4 is 5.73 Å². The van der Waals surface area contributed by atoms with E-state index in [1.165, 1.54) is 56.1 Å². The van der Waals surface area contributed by atoms with E-state index in [1.807, 2.05) is 0 Å². The Labute approximate surface area is 98.0 Å². The zero-order chi connectivity index (χ0) is 11.0. The number of benzene rings is 1. The first-order chi connectivity index (χ1) is 7.82. The summed E-state index contributed by atoms with van der Waals surface area (Å²) >= 11 is 0. The van der Waals surface area contributed by atoms with Crippen molar-refractivity contribution in [1.82, 2.24) is 0 Å². The second-order valence-corrected chi connectivity index (χ2v) is 5.60. The third-order valence-electron chi connectivity index (χ3n) is 4.79. The Morgan fingerprint density at radius 3 is 2.56 bits per heavy atom. The summed E-state index contributed by atoms with van der Waals surface area (Å²) in [6, 6.07) is 9.07. The average Bonchev–Trinajstić information content (AvgIpc) is 2.36. The molecule has 1 saturated carbocycles. The molecule has 0 radical (unpaired) electrons. The third kappa shape index (κ3) is 1.49. The lowest BCUT2D eigenvalue weighted by atomic mass is 9.61. The Morgan fingerprint density at radius 1 is 1.00 bits per heavy atom. The minimum atomic E-state index is 0.290. The van der Waals surface area contributed by atoms with Gasteiger partial charge in [-0.1, -0.05) is 43.5 Å². The van der Waals surface area contributed by atoms with Crippen LogP contribution in [0.2, 0.25) is 0 Å². The number of hydrogen-bond acceptors (Lipinski definition) is 1. The molecular weight excluding hydrogens is 194 g/mol. The van der Waals surface area contributed by atoms with E-state index < -0.39 is 0 Å². The maximum Gasteiger partial charge on any atom is 0.0354 e. The Morgan fingerprint density at radius 2 is 1.75 bits per heavy atom. The third-order valence-corrected chi connectivity index (χ3v) is 4.79. The zero-order valence-electron chi connectivity index (χ0n) is 9.91. The molecule has 1 aromatic carbocycles. The summed E-state index contributed by atoms with van der Waals surface area (Å²) in [5, 5.41) is 0. The first-order valence-electron chi connectivity index (χ1n) is 6.65. The molecule has 0 amide bonds. The highest BCUT2D eigenvalue weighted by molar-refractivity contribution is 5.34. The molecule has 2 N–H and O–H groups in total. The van der Waals surface area contributed by atoms with Crippen LogP contribution in [0.5, 0.6) is 0 Å². The Kier molecular flexibility index (Phi) is 2.51. The van der Waals surface area contributed by atoms with Gasteiger partial charge in [0.15, 0.2) is 0 Å². The van der Waals surface area contributed by atoms with Crippen molar-refractivity contribution in [3.8, 4) is 0 Å². The van der Waals surface area contributed by atoms with Gasteiger partial charge in [0.2, 0.25) is 0 Å². The Hall–Kier alpha value is -0.820. The van der Waals surface area contributed by atoms with Gasteiger partial charge in [0.25, 0.3) is 0 Å². The predicted molar refractivity (Wildman–Crippen MR) is 67.2 cm³/mol. The van der Waals surface area contributed by atoms with Crippen LogP contribution in [0.4, 0.5) is 0 Å². The predicted octanol–water partition coefficient (Wildman–Crippen LogP) is 3.58. The number of nitrogens with two attached hydrogens (primary N) is 1. The van der Waals surface area contributed by atoms with E-state index in [2.05, 4.69) is 24.3 Å². The van der Waals surface area contributed by atoms with Gasteiger partial charge in [-0.05, 0) is 42.2 Å². The smallest absolute Gasteiger partial charge is 0.0354 e. The second-order valence-electron chi connectivity index (χ2n) is 5.60. The molecule has 1 spiro atoms. The molecule has 16 heavy (non-hydrogen) atoms. The van der Waals surface area contributed by atoms with Gasteiger partial charge >= 0.3 is 0 Å². The fourth-order valence-electron chi connectivity index (χ4n) is 3.75. The quantitative estimate of drug-likeness (QED) is 0.703. The summed E-state index contributed by atoms with van der Waals surface area (Å²) in [5.41, 5.74) is 9.91. The van der Waals surface area contributed by atoms with Gasteiger partial charge in [0.1, 0.15) is 0 Å². The molecule has 1 atom stereocenters. The highest BCUT2D eigenvalue weighted by atomic mass is 14.7. The molecule has 2 aliphatic rings. The molecule has 1 heteroatoms. The van der Waals surface area contributed by atoms with Gasteiger partial charge in [-0.25, -0.2) is 0 Å². The van der Waals surface area contributed by atoms with E-state index in [4.69, 9.17) is 5.73 Å². The van der Waals surface area contributed by atoms with Crippen LogP contribution in [-0.2, 0) is 6.42 Å². The summed E-state index contributed by atoms with van der Waals surface area (Å²) < 4.78 is 0. The first kappa shape index (κ1) is 10.3. The average molecular weight is 215 g/mol. The highest BCUT2D eigenvalue weighted by Crippen LogP contribution is 2.51. The van der Waals surface area contributed by atoms with Gasteiger partial charge in [0.05, 0.1) is 0 Å².